The zero-order valence-corrected chi connectivity index (χ0v) is 10.9. The van der Waals surface area contributed by atoms with Crippen molar-refractivity contribution in [3.63, 3.8) is 0 Å². The van der Waals surface area contributed by atoms with Crippen molar-refractivity contribution in [2.45, 2.75) is 30.9 Å². The predicted molar refractivity (Wildman–Crippen MR) is 74.2 cm³/mol. The normalized spacial score (nSPS) is 22.9. The third-order valence-corrected chi connectivity index (χ3v) is 4.84. The van der Waals surface area contributed by atoms with E-state index in [9.17, 15) is 0 Å². The van der Waals surface area contributed by atoms with Crippen LogP contribution in [0.4, 0.5) is 5.69 Å². The Kier molecular flexibility index (Phi) is 3.46. The maximum absolute atomic E-state index is 5.91. The molecule has 1 aromatic carbocycles. The van der Waals surface area contributed by atoms with Gasteiger partial charge < -0.3 is 10.1 Å². The second kappa shape index (κ2) is 5.21. The van der Waals surface area contributed by atoms with E-state index in [1.54, 1.807) is 0 Å². The Hall–Kier alpha value is -0.830. The van der Waals surface area contributed by atoms with E-state index in [1.165, 1.54) is 42.7 Å². The van der Waals surface area contributed by atoms with Gasteiger partial charge in [0.05, 0.1) is 0 Å². The lowest BCUT2D eigenvalue weighted by molar-refractivity contribution is 0.314. The standard InChI is InChI=1S/C14H19NOS/c1-3-11-9-12(5-6-14(11)15-7-1)16-10-13-4-2-8-17-13/h5-6,9,13,15H,1-4,7-8,10H2. The van der Waals surface area contributed by atoms with Crippen LogP contribution in [-0.4, -0.2) is 24.2 Å². The summed E-state index contributed by atoms with van der Waals surface area (Å²) in [7, 11) is 0. The molecular weight excluding hydrogens is 230 g/mol. The third kappa shape index (κ3) is 2.71. The van der Waals surface area contributed by atoms with Gasteiger partial charge in [-0.25, -0.2) is 0 Å². The Labute approximate surface area is 107 Å². The molecule has 3 rings (SSSR count). The van der Waals surface area contributed by atoms with Crippen molar-refractivity contribution in [2.75, 3.05) is 24.2 Å². The predicted octanol–water partition coefficient (Wildman–Crippen LogP) is 3.32. The number of hydrogen-bond acceptors (Lipinski definition) is 3. The van der Waals surface area contributed by atoms with Crippen molar-refractivity contribution in [1.29, 1.82) is 0 Å². The zero-order valence-electron chi connectivity index (χ0n) is 10.1. The fourth-order valence-corrected chi connectivity index (χ4v) is 3.67. The summed E-state index contributed by atoms with van der Waals surface area (Å²) in [5.74, 6) is 2.35. The van der Waals surface area contributed by atoms with Gasteiger partial charge in [0, 0.05) is 17.5 Å². The first-order valence-electron chi connectivity index (χ1n) is 6.53. The lowest BCUT2D eigenvalue weighted by Crippen LogP contribution is -2.13. The van der Waals surface area contributed by atoms with Crippen molar-refractivity contribution in [3.05, 3.63) is 23.8 Å². The highest BCUT2D eigenvalue weighted by molar-refractivity contribution is 8.00. The molecule has 0 saturated carbocycles. The molecule has 1 saturated heterocycles. The molecule has 2 aliphatic rings. The number of aryl methyl sites for hydroxylation is 1. The molecule has 0 aliphatic carbocycles. The zero-order chi connectivity index (χ0) is 11.5. The molecule has 0 spiro atoms. The topological polar surface area (TPSA) is 21.3 Å². The molecular formula is C14H19NOS. The highest BCUT2D eigenvalue weighted by Crippen LogP contribution is 2.29. The van der Waals surface area contributed by atoms with Gasteiger partial charge in [-0.15, -0.1) is 0 Å². The first-order chi connectivity index (χ1) is 8.42. The quantitative estimate of drug-likeness (QED) is 0.888. The molecule has 2 nitrogen and oxygen atoms in total. The lowest BCUT2D eigenvalue weighted by atomic mass is 10.0. The van der Waals surface area contributed by atoms with Crippen molar-refractivity contribution in [2.24, 2.45) is 0 Å². The summed E-state index contributed by atoms with van der Waals surface area (Å²) in [5.41, 5.74) is 2.70. The Morgan fingerprint density at radius 1 is 1.35 bits per heavy atom. The van der Waals surface area contributed by atoms with Gasteiger partial charge in [0.2, 0.25) is 0 Å². The number of thioether (sulfide) groups is 1. The van der Waals surface area contributed by atoms with Crippen LogP contribution in [0, 0.1) is 0 Å². The Bertz CT molecular complexity index is 388. The fourth-order valence-electron chi connectivity index (χ4n) is 2.51. The molecule has 0 aromatic heterocycles. The molecule has 0 radical (unpaired) electrons. The van der Waals surface area contributed by atoms with Crippen molar-refractivity contribution in [1.82, 2.24) is 0 Å². The highest BCUT2D eigenvalue weighted by atomic mass is 32.2. The maximum atomic E-state index is 5.91. The summed E-state index contributed by atoms with van der Waals surface area (Å²) < 4.78 is 5.91. The minimum Gasteiger partial charge on any atom is -0.492 e. The molecule has 17 heavy (non-hydrogen) atoms. The van der Waals surface area contributed by atoms with Crippen LogP contribution in [0.2, 0.25) is 0 Å². The van der Waals surface area contributed by atoms with E-state index in [2.05, 4.69) is 35.3 Å². The number of benzene rings is 1. The van der Waals surface area contributed by atoms with Gasteiger partial charge in [-0.2, -0.15) is 11.8 Å². The summed E-state index contributed by atoms with van der Waals surface area (Å²) in [5, 5.41) is 4.14. The second-order valence-electron chi connectivity index (χ2n) is 4.80. The highest BCUT2D eigenvalue weighted by Gasteiger charge is 2.16. The molecule has 1 fully saturated rings. The summed E-state index contributed by atoms with van der Waals surface area (Å²) >= 11 is 2.05. The minimum atomic E-state index is 0.712. The van der Waals surface area contributed by atoms with Crippen LogP contribution in [0.25, 0.3) is 0 Å². The molecule has 1 atom stereocenters. The van der Waals surface area contributed by atoms with E-state index in [4.69, 9.17) is 4.74 Å². The van der Waals surface area contributed by atoms with Crippen LogP contribution in [0.3, 0.4) is 0 Å². The van der Waals surface area contributed by atoms with Crippen LogP contribution >= 0.6 is 11.8 Å². The number of hydrogen-bond donors (Lipinski definition) is 1. The van der Waals surface area contributed by atoms with E-state index in [1.807, 2.05) is 0 Å². The molecule has 2 heterocycles. The first-order valence-corrected chi connectivity index (χ1v) is 7.58. The van der Waals surface area contributed by atoms with Gasteiger partial charge in [-0.05, 0) is 55.2 Å². The van der Waals surface area contributed by atoms with Crippen LogP contribution < -0.4 is 10.1 Å². The smallest absolute Gasteiger partial charge is 0.119 e. The van der Waals surface area contributed by atoms with Crippen LogP contribution in [0.5, 0.6) is 5.75 Å². The summed E-state index contributed by atoms with van der Waals surface area (Å²) in [4.78, 5) is 0. The third-order valence-electron chi connectivity index (χ3n) is 3.47. The van der Waals surface area contributed by atoms with Gasteiger partial charge in [0.15, 0.2) is 0 Å². The number of rotatable bonds is 3. The van der Waals surface area contributed by atoms with Crippen LogP contribution in [0.1, 0.15) is 24.8 Å². The number of nitrogens with one attached hydrogen (secondary N) is 1. The van der Waals surface area contributed by atoms with E-state index >= 15 is 0 Å². The summed E-state index contributed by atoms with van der Waals surface area (Å²) in [6, 6.07) is 6.46. The van der Waals surface area contributed by atoms with E-state index < -0.39 is 0 Å². The van der Waals surface area contributed by atoms with E-state index in [0.29, 0.717) is 5.25 Å². The Balaban J connectivity index is 1.62. The number of fused-ring (bicyclic) bond motifs is 1. The molecule has 0 bridgehead atoms. The number of ether oxygens (including phenoxy) is 1. The Morgan fingerprint density at radius 2 is 2.35 bits per heavy atom. The SMILES string of the molecule is c1cc2c(cc1OCC1CCCS1)CCCN2. The lowest BCUT2D eigenvalue weighted by Gasteiger charge is -2.19. The maximum Gasteiger partial charge on any atom is 0.119 e. The Morgan fingerprint density at radius 3 is 3.24 bits per heavy atom. The monoisotopic (exact) mass is 249 g/mol. The van der Waals surface area contributed by atoms with Crippen LogP contribution in [-0.2, 0) is 6.42 Å². The molecule has 92 valence electrons. The molecule has 1 unspecified atom stereocenters. The van der Waals surface area contributed by atoms with Crippen molar-refractivity contribution in [3.8, 4) is 5.75 Å². The minimum absolute atomic E-state index is 0.712. The van der Waals surface area contributed by atoms with Gasteiger partial charge >= 0.3 is 0 Å². The van der Waals surface area contributed by atoms with Crippen molar-refractivity contribution >= 4 is 17.4 Å². The van der Waals surface area contributed by atoms with Crippen molar-refractivity contribution < 1.29 is 4.74 Å². The molecule has 1 aromatic rings. The number of anilines is 1. The largest absolute Gasteiger partial charge is 0.492 e. The fraction of sp³-hybridized carbons (Fsp3) is 0.571. The van der Waals surface area contributed by atoms with E-state index in [-0.39, 0.29) is 0 Å². The summed E-state index contributed by atoms with van der Waals surface area (Å²) in [6.45, 7) is 1.97. The average molecular weight is 249 g/mol. The van der Waals surface area contributed by atoms with Gasteiger partial charge in [-0.3, -0.25) is 0 Å². The molecule has 2 aliphatic heterocycles. The van der Waals surface area contributed by atoms with Crippen LogP contribution in [0.15, 0.2) is 18.2 Å². The second-order valence-corrected chi connectivity index (χ2v) is 6.20. The van der Waals surface area contributed by atoms with E-state index in [0.717, 1.165) is 18.9 Å². The van der Waals surface area contributed by atoms with Gasteiger partial charge in [0.1, 0.15) is 12.4 Å². The molecule has 3 heteroatoms. The summed E-state index contributed by atoms with van der Waals surface area (Å²) in [6.07, 6.45) is 5.08. The average Bonchev–Trinajstić information content (AvgIpc) is 2.89. The van der Waals surface area contributed by atoms with Gasteiger partial charge in [-0.1, -0.05) is 0 Å². The van der Waals surface area contributed by atoms with Gasteiger partial charge in [0.25, 0.3) is 0 Å². The first kappa shape index (κ1) is 11.3. The molecule has 1 N–H and O–H groups in total. The molecule has 0 amide bonds.